The predicted molar refractivity (Wildman–Crippen MR) is 279 cm³/mol. The first kappa shape index (κ1) is 54.8. The summed E-state index contributed by atoms with van der Waals surface area (Å²) in [5.41, 5.74) is 5.94. The van der Waals surface area contributed by atoms with Gasteiger partial charge in [0.2, 0.25) is 27.7 Å². The third kappa shape index (κ3) is 12.6. The summed E-state index contributed by atoms with van der Waals surface area (Å²) < 4.78 is 83.9. The molecule has 1 aromatic heterocycles. The predicted octanol–water partition coefficient (Wildman–Crippen LogP) is 8.69. The number of aromatic nitrogens is 1. The first-order valence-electron chi connectivity index (χ1n) is 24.9. The molecule has 2 bridgehead atoms. The molecule has 2 fully saturated rings. The van der Waals surface area contributed by atoms with E-state index in [1.165, 1.54) is 53.4 Å². The Bertz CT molecular complexity index is 2980. The van der Waals surface area contributed by atoms with Crippen LogP contribution >= 0.6 is 11.3 Å². The smallest absolute Gasteiger partial charge is 0.407 e. The SMILES string of the molecule is Cc1ncsc1-c1ccc([C@H](C)NC(=O)[C@@H]2C[C@@H](O)CN2C(=O)[C@@H](NC(=O)CCCCCOc2ccc(N(CC(F)(F)F)S(=O)(=O)C3C[C@@H]4O[C@H]3C(c3ccc(O)cc3)=C4c3ccc(O)cc3)cc2)C(C)(C)C)cc1. The number of rotatable bonds is 19. The van der Waals surface area contributed by atoms with Crippen LogP contribution in [0.2, 0.25) is 0 Å². The highest BCUT2D eigenvalue weighted by Gasteiger charge is 2.55. The van der Waals surface area contributed by atoms with E-state index in [0.717, 1.165) is 21.7 Å². The Morgan fingerprint density at radius 2 is 1.47 bits per heavy atom. The maximum absolute atomic E-state index is 14.4. The Morgan fingerprint density at radius 1 is 0.853 bits per heavy atom. The Hall–Kier alpha value is -6.48. The van der Waals surface area contributed by atoms with Crippen molar-refractivity contribution in [2.24, 2.45) is 5.41 Å². The summed E-state index contributed by atoms with van der Waals surface area (Å²) in [5, 5.41) is 35.1. The number of ether oxygens (including phenoxy) is 2. The molecule has 0 aliphatic carbocycles. The number of hydrogen-bond acceptors (Lipinski definition) is 12. The number of phenols is 2. The van der Waals surface area contributed by atoms with E-state index in [1.54, 1.807) is 41.1 Å². The molecule has 2 saturated heterocycles. The van der Waals surface area contributed by atoms with Crippen LogP contribution in [0.3, 0.4) is 0 Å². The van der Waals surface area contributed by atoms with Gasteiger partial charge in [0.05, 0.1) is 46.6 Å². The second kappa shape index (κ2) is 22.4. The Morgan fingerprint density at radius 3 is 2.05 bits per heavy atom. The highest BCUT2D eigenvalue weighted by molar-refractivity contribution is 7.93. The van der Waals surface area contributed by atoms with Crippen LogP contribution in [-0.4, -0.2) is 113 Å². The minimum Gasteiger partial charge on any atom is -0.508 e. The van der Waals surface area contributed by atoms with E-state index < -0.39 is 81.7 Å². The zero-order valence-electron chi connectivity index (χ0n) is 42.2. The summed E-state index contributed by atoms with van der Waals surface area (Å²) >= 11 is 1.55. The average molecular weight is 1070 g/mol. The molecule has 3 aliphatic rings. The summed E-state index contributed by atoms with van der Waals surface area (Å²) in [7, 11) is -4.74. The zero-order chi connectivity index (χ0) is 54.0. The molecule has 20 heteroatoms. The molecular formula is C55H62F3N5O10S2. The minimum absolute atomic E-state index is 0.0154. The lowest BCUT2D eigenvalue weighted by molar-refractivity contribution is -0.144. The van der Waals surface area contributed by atoms with E-state index in [-0.39, 0.29) is 61.3 Å². The van der Waals surface area contributed by atoms with E-state index in [4.69, 9.17) is 9.47 Å². The first-order valence-corrected chi connectivity index (χ1v) is 27.2. The van der Waals surface area contributed by atoms with Gasteiger partial charge in [-0.25, -0.2) is 13.4 Å². The number of nitrogens with zero attached hydrogens (tertiary/aromatic N) is 3. The van der Waals surface area contributed by atoms with Crippen LogP contribution in [0.1, 0.15) is 94.6 Å². The number of benzene rings is 4. The number of phenolic OH excluding ortho intramolecular Hbond substituents is 2. The third-order valence-corrected chi connectivity index (χ3v) is 17.0. The molecule has 400 valence electrons. The van der Waals surface area contributed by atoms with Crippen molar-refractivity contribution in [2.75, 3.05) is 24.0 Å². The monoisotopic (exact) mass is 1070 g/mol. The number of amides is 3. The van der Waals surface area contributed by atoms with Crippen molar-refractivity contribution in [2.45, 2.75) is 121 Å². The molecule has 0 saturated carbocycles. The molecule has 5 N–H and O–H groups in total. The van der Waals surface area contributed by atoms with Crippen LogP contribution in [0.5, 0.6) is 17.2 Å². The third-order valence-electron chi connectivity index (χ3n) is 13.9. The van der Waals surface area contributed by atoms with Gasteiger partial charge in [-0.1, -0.05) is 69.3 Å². The minimum atomic E-state index is -4.90. The molecule has 8 rings (SSSR count). The summed E-state index contributed by atoms with van der Waals surface area (Å²) in [6, 6.07) is 23.1. The van der Waals surface area contributed by atoms with E-state index in [2.05, 4.69) is 15.6 Å². The standard InChI is InChI=1S/C55H62F3N5O10S2/c1-32(34-10-12-37(13-11-34)50-33(2)59-31-74-50)60-52(68)43-27-41(66)29-62(43)53(69)51(54(3,4)5)61-46(67)9-7-6-8-26-72-42-24-18-38(19-25-42)63(30-55(56,57)58)75(70,71)45-28-44-47(35-14-20-39(64)21-15-35)48(49(45)73-44)36-16-22-40(65)23-17-36/h10-25,31-32,41,43-45,49,51,64-66H,6-9,26-30H2,1-5H3,(H,60,68)(H,61,67)/t32-,41+,43-,44-,45?,49+,51+/m0/s1. The number of β-amino-alcohol motifs (C(OH)–C–C–N with tert-alkyl or cyclic N) is 1. The number of thiazole rings is 1. The van der Waals surface area contributed by atoms with Crippen LogP contribution in [0.25, 0.3) is 21.6 Å². The molecule has 0 radical (unpaired) electrons. The van der Waals surface area contributed by atoms with Gasteiger partial charge in [-0.3, -0.25) is 18.7 Å². The Labute approximate surface area is 438 Å². The average Bonchev–Trinajstić information content (AvgIpc) is 4.21. The molecule has 3 amide bonds. The number of aliphatic hydroxyl groups excluding tert-OH is 1. The summed E-state index contributed by atoms with van der Waals surface area (Å²) in [6.07, 6.45) is -6.24. The molecule has 3 aliphatic heterocycles. The molecule has 15 nitrogen and oxygen atoms in total. The number of halogens is 3. The fraction of sp³-hybridized carbons (Fsp3) is 0.418. The molecule has 0 spiro atoms. The van der Waals surface area contributed by atoms with Crippen LogP contribution in [0, 0.1) is 12.3 Å². The van der Waals surface area contributed by atoms with Crippen molar-refractivity contribution in [1.82, 2.24) is 20.5 Å². The van der Waals surface area contributed by atoms with E-state index >= 15 is 0 Å². The van der Waals surface area contributed by atoms with Crippen molar-refractivity contribution in [3.8, 4) is 27.7 Å². The molecule has 75 heavy (non-hydrogen) atoms. The number of sulfonamides is 1. The number of likely N-dealkylation sites (tertiary alicyclic amines) is 1. The van der Waals surface area contributed by atoms with Crippen LogP contribution < -0.4 is 19.7 Å². The summed E-state index contributed by atoms with van der Waals surface area (Å²) in [5.74, 6) is -0.978. The second-order valence-electron chi connectivity index (χ2n) is 20.4. The van der Waals surface area contributed by atoms with Gasteiger partial charge in [-0.05, 0) is 127 Å². The van der Waals surface area contributed by atoms with Crippen LogP contribution in [-0.2, 0) is 29.1 Å². The molecule has 7 atom stereocenters. The molecule has 4 aromatic carbocycles. The lowest BCUT2D eigenvalue weighted by Crippen LogP contribution is -2.57. The quantitative estimate of drug-likeness (QED) is 0.0495. The van der Waals surface area contributed by atoms with Crippen LogP contribution in [0.4, 0.5) is 18.9 Å². The van der Waals surface area contributed by atoms with Crippen molar-refractivity contribution in [3.63, 3.8) is 0 Å². The van der Waals surface area contributed by atoms with Crippen LogP contribution in [0.15, 0.2) is 103 Å². The van der Waals surface area contributed by atoms with Crippen molar-refractivity contribution >= 4 is 55.9 Å². The lowest BCUT2D eigenvalue weighted by atomic mass is 9.83. The van der Waals surface area contributed by atoms with E-state index in [0.29, 0.717) is 45.8 Å². The number of aromatic hydroxyl groups is 2. The number of alkyl halides is 3. The normalized spacial score (nSPS) is 20.5. The van der Waals surface area contributed by atoms with Gasteiger partial charge in [0.25, 0.3) is 0 Å². The van der Waals surface area contributed by atoms with Gasteiger partial charge in [0.15, 0.2) is 0 Å². The lowest BCUT2D eigenvalue weighted by Gasteiger charge is -2.35. The number of fused-ring (bicyclic) bond motifs is 2. The zero-order valence-corrected chi connectivity index (χ0v) is 43.8. The van der Waals surface area contributed by atoms with Crippen molar-refractivity contribution in [1.29, 1.82) is 0 Å². The van der Waals surface area contributed by atoms with E-state index in [1.807, 2.05) is 58.9 Å². The van der Waals surface area contributed by atoms with Gasteiger partial charge in [-0.15, -0.1) is 11.3 Å². The summed E-state index contributed by atoms with van der Waals surface area (Å²) in [6.45, 7) is 7.57. The first-order chi connectivity index (χ1) is 35.5. The highest BCUT2D eigenvalue weighted by Crippen LogP contribution is 2.52. The van der Waals surface area contributed by atoms with Gasteiger partial charge < -0.3 is 40.3 Å². The molecule has 5 aromatic rings. The van der Waals surface area contributed by atoms with Crippen molar-refractivity contribution < 1.29 is 60.8 Å². The number of carbonyl (C=O) groups is 3. The summed E-state index contributed by atoms with van der Waals surface area (Å²) in [4.78, 5) is 47.9. The maximum atomic E-state index is 14.4. The fourth-order valence-electron chi connectivity index (χ4n) is 10.0. The van der Waals surface area contributed by atoms with E-state index in [9.17, 15) is 51.3 Å². The number of hydrogen-bond donors (Lipinski definition) is 5. The number of anilines is 1. The second-order valence-corrected chi connectivity index (χ2v) is 23.4. The van der Waals surface area contributed by atoms with Gasteiger partial charge in [-0.2, -0.15) is 13.2 Å². The van der Waals surface area contributed by atoms with Gasteiger partial charge >= 0.3 is 6.18 Å². The maximum Gasteiger partial charge on any atom is 0.407 e. The van der Waals surface area contributed by atoms with Gasteiger partial charge in [0.1, 0.15) is 47.2 Å². The van der Waals surface area contributed by atoms with Gasteiger partial charge in [0, 0.05) is 19.4 Å². The Kier molecular flexibility index (Phi) is 16.4. The number of nitrogens with one attached hydrogen (secondary N) is 2. The fourth-order valence-corrected chi connectivity index (χ4v) is 12.8. The number of carbonyl (C=O) groups excluding carboxylic acids is 3. The largest absolute Gasteiger partial charge is 0.508 e. The number of aliphatic hydroxyl groups is 1. The topological polar surface area (TPSA) is 208 Å². The highest BCUT2D eigenvalue weighted by atomic mass is 32.2. The molecule has 4 heterocycles. The molecular weight excluding hydrogens is 1010 g/mol. The number of unbranched alkanes of at least 4 members (excludes halogenated alkanes) is 2. The number of aryl methyl sites for hydroxylation is 1. The van der Waals surface area contributed by atoms with Crippen molar-refractivity contribution in [3.05, 3.63) is 125 Å². The molecule has 1 unspecified atom stereocenters. The Balaban J connectivity index is 0.837.